The number of hydrogen-bond acceptors (Lipinski definition) is 12. The molecule has 0 aliphatic rings. The molecule has 0 spiro atoms. The first-order valence-corrected chi connectivity index (χ1v) is 13.7. The maximum Gasteiger partial charge on any atom is 0.261 e. The number of nitrogen functional groups attached to an aromatic ring is 1. The van der Waals surface area contributed by atoms with Crippen molar-refractivity contribution in [2.24, 2.45) is 20.5 Å². The average molecular weight is 572 g/mol. The van der Waals surface area contributed by atoms with Gasteiger partial charge in [-0.3, -0.25) is 4.55 Å². The highest BCUT2D eigenvalue weighted by Crippen LogP contribution is 2.46. The molecule has 0 unspecified atom stereocenters. The lowest BCUT2D eigenvalue weighted by Crippen LogP contribution is -1.92. The number of nitrogens with zero attached hydrogens (tertiary/aromatic N) is 4. The predicted octanol–water partition coefficient (Wildman–Crippen LogP) is 7.51. The van der Waals surface area contributed by atoms with E-state index in [0.717, 1.165) is 16.8 Å². The van der Waals surface area contributed by atoms with E-state index in [9.17, 15) is 13.5 Å². The van der Waals surface area contributed by atoms with Gasteiger partial charge < -0.3 is 10.8 Å². The van der Waals surface area contributed by atoms with Gasteiger partial charge in [-0.05, 0) is 67.3 Å². The maximum absolute atomic E-state index is 10.9. The van der Waals surface area contributed by atoms with Crippen molar-refractivity contribution in [3.63, 3.8) is 0 Å². The van der Waals surface area contributed by atoms with Gasteiger partial charge in [-0.1, -0.05) is 34.9 Å². The number of benzene rings is 4. The fourth-order valence-electron chi connectivity index (χ4n) is 3.20. The Morgan fingerprint density at radius 1 is 0.846 bits per heavy atom. The van der Waals surface area contributed by atoms with E-state index in [4.69, 9.17) is 15.5 Å². The standard InChI is InChI=1S/C24H21N5O4S.CH4O3S/c1-14-3-7-17(8-4-14)26-27-18-9-11-19(12-10-18)28-29-23-20(34-33-32-31)13-16-6-5-15(2)22(25)21(16)24(23)30;1-5(2,3)4/h3-13,30-31H,25H2,1-2H3;1H3,(H,2,3,4). The van der Waals surface area contributed by atoms with Crippen LogP contribution in [0.15, 0.2) is 92.1 Å². The Hall–Kier alpha value is -3.92. The van der Waals surface area contributed by atoms with E-state index in [-0.39, 0.29) is 11.4 Å². The smallest absolute Gasteiger partial charge is 0.261 e. The topological polar surface area (TPSA) is 189 Å². The Morgan fingerprint density at radius 3 is 1.85 bits per heavy atom. The van der Waals surface area contributed by atoms with Gasteiger partial charge in [0.05, 0.1) is 40.3 Å². The molecule has 39 heavy (non-hydrogen) atoms. The molecule has 0 saturated heterocycles. The molecule has 0 saturated carbocycles. The zero-order chi connectivity index (χ0) is 28.6. The molecule has 0 heterocycles. The van der Waals surface area contributed by atoms with Crippen molar-refractivity contribution in [1.29, 1.82) is 0 Å². The first kappa shape index (κ1) is 29.6. The summed E-state index contributed by atoms with van der Waals surface area (Å²) >= 11 is 0.675. The van der Waals surface area contributed by atoms with E-state index >= 15 is 0 Å². The van der Waals surface area contributed by atoms with Crippen molar-refractivity contribution < 1.29 is 32.7 Å². The van der Waals surface area contributed by atoms with E-state index in [1.165, 1.54) is 0 Å². The third-order valence-corrected chi connectivity index (χ3v) is 5.68. The number of anilines is 1. The second-order valence-electron chi connectivity index (χ2n) is 8.18. The number of azo groups is 2. The van der Waals surface area contributed by atoms with Crippen molar-refractivity contribution in [1.82, 2.24) is 0 Å². The normalized spacial score (nSPS) is 11.7. The second-order valence-corrected chi connectivity index (χ2v) is 10.4. The van der Waals surface area contributed by atoms with Gasteiger partial charge in [0, 0.05) is 11.1 Å². The summed E-state index contributed by atoms with van der Waals surface area (Å²) in [6, 6.07) is 20.1. The Labute approximate surface area is 228 Å². The molecular formula is C25H25N5O7S2. The summed E-state index contributed by atoms with van der Waals surface area (Å²) in [6.45, 7) is 3.86. The molecule has 12 nitrogen and oxygen atoms in total. The first-order valence-electron chi connectivity index (χ1n) is 11.1. The van der Waals surface area contributed by atoms with Crippen LogP contribution < -0.4 is 5.73 Å². The average Bonchev–Trinajstić information content (AvgIpc) is 2.88. The Kier molecular flexibility index (Phi) is 10.1. The van der Waals surface area contributed by atoms with Crippen molar-refractivity contribution >= 4 is 61.4 Å². The van der Waals surface area contributed by atoms with Crippen molar-refractivity contribution in [3.8, 4) is 5.75 Å². The van der Waals surface area contributed by atoms with E-state index < -0.39 is 10.1 Å². The summed E-state index contributed by atoms with van der Waals surface area (Å²) in [5.74, 6) is -0.157. The minimum Gasteiger partial charge on any atom is -0.505 e. The summed E-state index contributed by atoms with van der Waals surface area (Å²) in [6.07, 6.45) is 0.715. The molecule has 0 fully saturated rings. The van der Waals surface area contributed by atoms with Crippen LogP contribution in [0.2, 0.25) is 0 Å². The van der Waals surface area contributed by atoms with E-state index in [1.807, 2.05) is 50.2 Å². The zero-order valence-electron chi connectivity index (χ0n) is 21.0. The van der Waals surface area contributed by atoms with Crippen molar-refractivity contribution in [2.45, 2.75) is 18.7 Å². The van der Waals surface area contributed by atoms with Crippen LogP contribution in [0.3, 0.4) is 0 Å². The predicted molar refractivity (Wildman–Crippen MR) is 149 cm³/mol. The van der Waals surface area contributed by atoms with Crippen LogP contribution in [-0.2, 0) is 19.5 Å². The fraction of sp³-hybridized carbons (Fsp3) is 0.120. The van der Waals surface area contributed by atoms with Gasteiger partial charge in [-0.25, -0.2) is 5.26 Å². The molecule has 5 N–H and O–H groups in total. The molecule has 0 aliphatic carbocycles. The number of rotatable bonds is 7. The Morgan fingerprint density at radius 2 is 1.33 bits per heavy atom. The summed E-state index contributed by atoms with van der Waals surface area (Å²) in [4.78, 5) is 0.370. The van der Waals surface area contributed by atoms with E-state index in [1.54, 1.807) is 30.3 Å². The minimum absolute atomic E-state index is 0.120. The molecule has 0 atom stereocenters. The van der Waals surface area contributed by atoms with Gasteiger partial charge in [-0.2, -0.15) is 23.8 Å². The van der Waals surface area contributed by atoms with Gasteiger partial charge in [0.25, 0.3) is 10.1 Å². The monoisotopic (exact) mass is 571 g/mol. The number of fused-ring (bicyclic) bond motifs is 1. The van der Waals surface area contributed by atoms with Gasteiger partial charge in [0.15, 0.2) is 5.75 Å². The van der Waals surface area contributed by atoms with Crippen molar-refractivity contribution in [2.75, 3.05) is 12.0 Å². The SMILES string of the molecule is CS(=O)(=O)O.Cc1ccc(N=Nc2ccc(N=Nc3c(SOOO)cc4ccc(C)c(N)c4c3O)cc2)cc1. The van der Waals surface area contributed by atoms with Crippen LogP contribution in [0.1, 0.15) is 11.1 Å². The quantitative estimate of drug-likeness (QED) is 0.0434. The van der Waals surface area contributed by atoms with E-state index in [0.29, 0.717) is 51.0 Å². The molecule has 0 aromatic heterocycles. The van der Waals surface area contributed by atoms with Crippen LogP contribution in [0.4, 0.5) is 28.4 Å². The van der Waals surface area contributed by atoms with Gasteiger partial charge in [0.1, 0.15) is 5.69 Å². The largest absolute Gasteiger partial charge is 0.505 e. The Bertz CT molecular complexity index is 1600. The molecular weight excluding hydrogens is 546 g/mol. The van der Waals surface area contributed by atoms with E-state index in [2.05, 4.69) is 29.8 Å². The fourth-order valence-corrected chi connectivity index (χ4v) is 3.70. The number of hydrogen-bond donors (Lipinski definition) is 4. The third kappa shape index (κ3) is 8.81. The number of nitrogens with two attached hydrogens (primary N) is 1. The summed E-state index contributed by atoms with van der Waals surface area (Å²) in [7, 11) is -3.67. The highest BCUT2D eigenvalue weighted by Gasteiger charge is 2.17. The van der Waals surface area contributed by atoms with Crippen LogP contribution in [0.5, 0.6) is 5.75 Å². The molecule has 204 valence electrons. The molecule has 4 rings (SSSR count). The lowest BCUT2D eigenvalue weighted by atomic mass is 10.0. The van der Waals surface area contributed by atoms with Crippen LogP contribution in [-0.4, -0.2) is 29.6 Å². The molecule has 0 bridgehead atoms. The van der Waals surface area contributed by atoms with Gasteiger partial charge in [0.2, 0.25) is 0 Å². The maximum atomic E-state index is 10.9. The first-order chi connectivity index (χ1) is 18.5. The molecule has 0 radical (unpaired) electrons. The van der Waals surface area contributed by atoms with Gasteiger partial charge in [-0.15, -0.1) is 9.45 Å². The molecule has 4 aromatic rings. The summed E-state index contributed by atoms with van der Waals surface area (Å²) in [5.41, 5.74) is 10.7. The summed E-state index contributed by atoms with van der Waals surface area (Å²) in [5, 5.41) is 41.1. The highest BCUT2D eigenvalue weighted by molar-refractivity contribution is 7.94. The molecule has 0 amide bonds. The molecule has 14 heteroatoms. The molecule has 0 aliphatic heterocycles. The number of phenolic OH excluding ortho intramolecular Hbond substituents is 1. The molecule has 4 aromatic carbocycles. The highest BCUT2D eigenvalue weighted by atomic mass is 32.2. The minimum atomic E-state index is -3.67. The number of aryl methyl sites for hydroxylation is 2. The second kappa shape index (κ2) is 13.2. The third-order valence-electron chi connectivity index (χ3n) is 5.06. The number of aromatic hydroxyl groups is 1. The van der Waals surface area contributed by atoms with Crippen molar-refractivity contribution in [3.05, 3.63) is 77.9 Å². The Balaban J connectivity index is 0.000000771. The van der Waals surface area contributed by atoms with Gasteiger partial charge >= 0.3 is 0 Å². The summed E-state index contributed by atoms with van der Waals surface area (Å²) < 4.78 is 30.4. The van der Waals surface area contributed by atoms with Crippen LogP contribution >= 0.6 is 12.0 Å². The van der Waals surface area contributed by atoms with Crippen LogP contribution in [0, 0.1) is 13.8 Å². The zero-order valence-corrected chi connectivity index (χ0v) is 22.6. The number of phenols is 1. The lowest BCUT2D eigenvalue weighted by molar-refractivity contribution is -0.432. The lowest BCUT2D eigenvalue weighted by Gasteiger charge is -2.12. The van der Waals surface area contributed by atoms with Crippen LogP contribution in [0.25, 0.3) is 10.8 Å².